The van der Waals surface area contributed by atoms with Crippen LogP contribution < -0.4 is 4.90 Å². The van der Waals surface area contributed by atoms with Crippen LogP contribution in [0, 0.1) is 10.8 Å². The van der Waals surface area contributed by atoms with Crippen LogP contribution in [0.4, 0.5) is 5.82 Å². The van der Waals surface area contributed by atoms with E-state index in [0.717, 1.165) is 33.2 Å². The molecule has 2 heterocycles. The quantitative estimate of drug-likeness (QED) is 0.0831. The van der Waals surface area contributed by atoms with Gasteiger partial charge in [-0.3, -0.25) is 0 Å². The predicted molar refractivity (Wildman–Crippen MR) is 242 cm³/mol. The monoisotopic (exact) mass is 869 g/mol. The van der Waals surface area contributed by atoms with Crippen LogP contribution in [0.25, 0.3) is 17.3 Å². The Labute approximate surface area is 352 Å². The Hall–Kier alpha value is -5.50. The second-order valence-corrected chi connectivity index (χ2v) is 18.9. The van der Waals surface area contributed by atoms with Gasteiger partial charge >= 0.3 is 355 Å². The Kier molecular flexibility index (Phi) is 12.5. The molecule has 58 heavy (non-hydrogen) atoms. The van der Waals surface area contributed by atoms with Crippen molar-refractivity contribution >= 4 is 26.9 Å². The van der Waals surface area contributed by atoms with E-state index >= 15 is 0 Å². The molecule has 0 radical (unpaired) electrons. The minimum absolute atomic E-state index is 0.0420. The molecule has 0 aliphatic heterocycles. The zero-order chi connectivity index (χ0) is 39.8. The van der Waals surface area contributed by atoms with Gasteiger partial charge in [0.05, 0.1) is 0 Å². The number of anilines is 1. The molecule has 0 bridgehead atoms. The molecule has 0 N–H and O–H groups in total. The van der Waals surface area contributed by atoms with Gasteiger partial charge < -0.3 is 0 Å². The van der Waals surface area contributed by atoms with Gasteiger partial charge in [0, 0.05) is 0 Å². The van der Waals surface area contributed by atoms with Crippen molar-refractivity contribution in [1.82, 2.24) is 8.97 Å². The first-order valence-electron chi connectivity index (χ1n) is 20.2. The van der Waals surface area contributed by atoms with Crippen molar-refractivity contribution in [3.63, 3.8) is 0 Å². The van der Waals surface area contributed by atoms with Crippen LogP contribution in [0.1, 0.15) is 70.2 Å². The number of aromatic nitrogens is 2. The summed E-state index contributed by atoms with van der Waals surface area (Å²) in [5.41, 5.74) is 12.2. The molecule has 0 aliphatic rings. The summed E-state index contributed by atoms with van der Waals surface area (Å²) in [6.07, 6.45) is 6.85. The fourth-order valence-corrected chi connectivity index (χ4v) is 11.5. The van der Waals surface area contributed by atoms with E-state index in [2.05, 4.69) is 235 Å². The number of rotatable bonds is 13. The van der Waals surface area contributed by atoms with Gasteiger partial charge in [0.25, 0.3) is 0 Å². The first-order chi connectivity index (χ1) is 28.6. The van der Waals surface area contributed by atoms with Crippen molar-refractivity contribution in [3.05, 3.63) is 243 Å². The molecule has 296 valence electrons. The number of hydrogen-bond acceptors (Lipinski definition) is 1. The third kappa shape index (κ3) is 8.25. The number of aryl methyl sites for hydroxylation is 1. The minimum atomic E-state index is -1.93. The van der Waals surface area contributed by atoms with Gasteiger partial charge in [-0.05, 0) is 0 Å². The summed E-state index contributed by atoms with van der Waals surface area (Å²) in [5.74, 6) is 1.08. The van der Waals surface area contributed by atoms with Crippen molar-refractivity contribution < 1.29 is 15.3 Å². The normalized spacial score (nSPS) is 12.8. The van der Waals surface area contributed by atoms with Gasteiger partial charge in [-0.2, -0.15) is 0 Å². The number of benzene rings is 6. The Morgan fingerprint density at radius 2 is 1.03 bits per heavy atom. The third-order valence-corrected chi connectivity index (χ3v) is 14.5. The summed E-state index contributed by atoms with van der Waals surface area (Å²) >= 11 is -1.93. The van der Waals surface area contributed by atoms with E-state index in [1.807, 2.05) is 0 Å². The second-order valence-electron chi connectivity index (χ2n) is 14.6. The maximum absolute atomic E-state index is 7.98. The molecule has 0 amide bonds. The van der Waals surface area contributed by atoms with E-state index in [-0.39, 0.29) is 11.8 Å². The molecule has 0 saturated carbocycles. The van der Waals surface area contributed by atoms with Crippen LogP contribution in [0.3, 0.4) is 0 Å². The van der Waals surface area contributed by atoms with Crippen LogP contribution in [-0.2, 0) is 15.3 Å². The number of imidazole rings is 1. The van der Waals surface area contributed by atoms with Crippen LogP contribution in [-0.4, -0.2) is 22.1 Å². The number of hydrogen-bond donors (Lipinski definition) is 0. The number of pyridine rings is 1. The summed E-state index contributed by atoms with van der Waals surface area (Å²) in [5, 5.41) is 0. The van der Waals surface area contributed by atoms with E-state index in [1.54, 1.807) is 0 Å². The molecule has 2 aromatic heterocycles. The Morgan fingerprint density at radius 3 is 1.48 bits per heavy atom. The fraction of sp³-hybridized carbons (Fsp3) is 0.151. The van der Waals surface area contributed by atoms with E-state index in [9.17, 15) is 0 Å². The predicted octanol–water partition coefficient (Wildman–Crippen LogP) is 13.7. The number of allylic oxidation sites excluding steroid dienone is 1. The molecule has 0 spiro atoms. The SMILES string of the molecule is CCN(CC)c1cccc2cn(-c3c(C(c4ccccc4)c4ccccc4)cc(C)cc3C(c3ccccc3)c3ccccc3)[c](=[Pd-2]([Cl])[CH2]C=Cc3ccccc3)n12. The summed E-state index contributed by atoms with van der Waals surface area (Å²) in [6.45, 7) is 8.51. The van der Waals surface area contributed by atoms with Gasteiger partial charge in [-0.25, -0.2) is 0 Å². The van der Waals surface area contributed by atoms with Crippen LogP contribution in [0.5, 0.6) is 0 Å². The third-order valence-electron chi connectivity index (χ3n) is 10.9. The molecule has 0 atom stereocenters. The van der Waals surface area contributed by atoms with Gasteiger partial charge in [0.15, 0.2) is 0 Å². The van der Waals surface area contributed by atoms with Gasteiger partial charge in [-0.1, -0.05) is 0 Å². The van der Waals surface area contributed by atoms with Gasteiger partial charge in [0.1, 0.15) is 0 Å². The molecular weight excluding hydrogens is 820 g/mol. The number of nitrogens with zero attached hydrogens (tertiary/aromatic N) is 3. The molecule has 3 nitrogen and oxygen atoms in total. The Balaban J connectivity index is 1.53. The topological polar surface area (TPSA) is 12.6 Å². The summed E-state index contributed by atoms with van der Waals surface area (Å²) in [7, 11) is 7.98. The van der Waals surface area contributed by atoms with Gasteiger partial charge in [-0.15, -0.1) is 0 Å². The average Bonchev–Trinajstić information content (AvgIpc) is 3.66. The molecule has 6 aromatic carbocycles. The molecular formula is C53H50ClN3Pd-2. The summed E-state index contributed by atoms with van der Waals surface area (Å²) in [6, 6.07) is 66.1. The molecule has 5 heteroatoms. The first-order valence-corrected chi connectivity index (χ1v) is 24.0. The van der Waals surface area contributed by atoms with Crippen LogP contribution in [0.15, 0.2) is 194 Å². The summed E-state index contributed by atoms with van der Waals surface area (Å²) < 4.78 is 6.12. The van der Waals surface area contributed by atoms with Gasteiger partial charge in [0.2, 0.25) is 0 Å². The molecule has 0 fully saturated rings. The molecule has 0 unspecified atom stereocenters. The zero-order valence-electron chi connectivity index (χ0n) is 33.4. The maximum atomic E-state index is 7.98. The van der Waals surface area contributed by atoms with E-state index < -0.39 is 15.3 Å². The van der Waals surface area contributed by atoms with E-state index in [1.165, 1.54) is 50.2 Å². The zero-order valence-corrected chi connectivity index (χ0v) is 35.7. The molecule has 8 aromatic rings. The number of fused-ring (bicyclic) bond motifs is 1. The Bertz CT molecular complexity index is 2500. The van der Waals surface area contributed by atoms with E-state index in [4.69, 9.17) is 9.53 Å². The van der Waals surface area contributed by atoms with Crippen molar-refractivity contribution in [1.29, 1.82) is 0 Å². The number of halogens is 1. The van der Waals surface area contributed by atoms with E-state index in [0.29, 0.717) is 0 Å². The van der Waals surface area contributed by atoms with Crippen molar-refractivity contribution in [2.75, 3.05) is 18.0 Å². The van der Waals surface area contributed by atoms with Crippen LogP contribution in [0.2, 0.25) is 4.89 Å². The van der Waals surface area contributed by atoms with Crippen molar-refractivity contribution in [2.24, 2.45) is 0 Å². The molecule has 0 aliphatic carbocycles. The van der Waals surface area contributed by atoms with Crippen molar-refractivity contribution in [3.8, 4) is 5.69 Å². The van der Waals surface area contributed by atoms with Crippen molar-refractivity contribution in [2.45, 2.75) is 37.5 Å². The molecule has 8 rings (SSSR count). The van der Waals surface area contributed by atoms with Crippen LogP contribution >= 0.6 is 9.53 Å². The first kappa shape index (κ1) is 39.3. The molecule has 0 saturated heterocycles. The second kappa shape index (κ2) is 18.4. The Morgan fingerprint density at radius 1 is 0.586 bits per heavy atom. The summed E-state index contributed by atoms with van der Waals surface area (Å²) in [4.78, 5) is 3.21. The average molecular weight is 871 g/mol. The fourth-order valence-electron chi connectivity index (χ4n) is 8.29. The standard InChI is InChI=1S/C44H41N3.C9H9.ClH.Pd/c1-4-45(5-2)41-28-18-27-38-31-46(32-47(38)41)44-39(42(34-19-10-6-11-20-34)35-21-12-7-13-22-35)29-33(3)30-40(44)43(36-23-14-8-15-24-36)37-25-16-9-17-26-37;1-2-6-9-7-4-3-5-8-9;;/h6-31,42-43H,4-5H2,1-3H3;2-8H,1H2;1H;/q;;;-1/p-1.